The van der Waals surface area contributed by atoms with Crippen molar-refractivity contribution in [2.75, 3.05) is 0 Å². The Labute approximate surface area is 122 Å². The normalized spacial score (nSPS) is 17.4. The van der Waals surface area contributed by atoms with Gasteiger partial charge < -0.3 is 10.4 Å². The highest BCUT2D eigenvalue weighted by Crippen LogP contribution is 2.37. The van der Waals surface area contributed by atoms with Gasteiger partial charge in [-0.3, -0.25) is 4.79 Å². The Morgan fingerprint density at radius 3 is 2.75 bits per heavy atom. The van der Waals surface area contributed by atoms with Crippen LogP contribution in [-0.2, 0) is 16.1 Å². The van der Waals surface area contributed by atoms with E-state index in [-0.39, 0.29) is 11.3 Å². The van der Waals surface area contributed by atoms with Gasteiger partial charge in [-0.2, -0.15) is 0 Å². The van der Waals surface area contributed by atoms with E-state index < -0.39 is 5.97 Å². The first-order valence-corrected chi connectivity index (χ1v) is 7.59. The van der Waals surface area contributed by atoms with Crippen molar-refractivity contribution in [3.8, 4) is 0 Å². The number of aliphatic carboxylic acids is 1. The lowest BCUT2D eigenvalue weighted by atomic mass is 9.88. The summed E-state index contributed by atoms with van der Waals surface area (Å²) in [5.74, 6) is -0.826. The van der Waals surface area contributed by atoms with Crippen molar-refractivity contribution in [2.45, 2.75) is 39.2 Å². The highest BCUT2D eigenvalue weighted by Gasteiger charge is 2.35. The first kappa shape index (κ1) is 14.8. The summed E-state index contributed by atoms with van der Waals surface area (Å²) in [6.07, 6.45) is 6.89. The lowest BCUT2D eigenvalue weighted by Crippen LogP contribution is -2.36. The first-order valence-electron chi connectivity index (χ1n) is 6.78. The highest BCUT2D eigenvalue weighted by molar-refractivity contribution is 7.12. The van der Waals surface area contributed by atoms with E-state index in [4.69, 9.17) is 5.11 Å². The minimum atomic E-state index is -0.956. The molecule has 1 aliphatic carbocycles. The molecule has 4 nitrogen and oxygen atoms in total. The predicted molar refractivity (Wildman–Crippen MR) is 79.4 cm³/mol. The maximum atomic E-state index is 12.2. The molecule has 1 fully saturated rings. The smallest absolute Gasteiger partial charge is 0.328 e. The van der Waals surface area contributed by atoms with E-state index in [0.717, 1.165) is 41.5 Å². The summed E-state index contributed by atoms with van der Waals surface area (Å²) in [5, 5.41) is 11.6. The number of carboxylic acid groups (broad SMARTS) is 1. The highest BCUT2D eigenvalue weighted by atomic mass is 32.1. The Kier molecular flexibility index (Phi) is 4.60. The van der Waals surface area contributed by atoms with E-state index >= 15 is 0 Å². The molecule has 0 aromatic carbocycles. The molecule has 1 aromatic heterocycles. The molecule has 1 heterocycles. The third kappa shape index (κ3) is 3.70. The average molecular weight is 293 g/mol. The number of carbonyl (C=O) groups is 2. The molecule has 0 saturated heterocycles. The molecule has 2 rings (SSSR count). The van der Waals surface area contributed by atoms with Gasteiger partial charge in [-0.05, 0) is 31.1 Å². The van der Waals surface area contributed by atoms with Gasteiger partial charge in [0.25, 0.3) is 0 Å². The molecule has 108 valence electrons. The van der Waals surface area contributed by atoms with Gasteiger partial charge in [0, 0.05) is 21.2 Å². The molecule has 20 heavy (non-hydrogen) atoms. The van der Waals surface area contributed by atoms with Crippen LogP contribution in [0.25, 0.3) is 6.08 Å². The fourth-order valence-corrected chi connectivity index (χ4v) is 3.35. The molecule has 2 N–H and O–H groups in total. The standard InChI is InChI=1S/C15H19NO3S/c1-15(8-2-3-9-15)14(19)16-10-12-5-4-11(20-12)6-7-13(17)18/h4-7H,2-3,8-10H2,1H3,(H,16,19)(H,17,18)/b7-6+. The third-order valence-corrected chi connectivity index (χ3v) is 4.80. The molecular weight excluding hydrogens is 274 g/mol. The second kappa shape index (κ2) is 6.22. The van der Waals surface area contributed by atoms with E-state index in [1.807, 2.05) is 19.1 Å². The maximum absolute atomic E-state index is 12.2. The summed E-state index contributed by atoms with van der Waals surface area (Å²) in [7, 11) is 0. The van der Waals surface area contributed by atoms with Gasteiger partial charge in [0.2, 0.25) is 5.91 Å². The van der Waals surface area contributed by atoms with Crippen LogP contribution >= 0.6 is 11.3 Å². The minimum Gasteiger partial charge on any atom is -0.478 e. The van der Waals surface area contributed by atoms with Gasteiger partial charge in [0.15, 0.2) is 0 Å². The molecule has 1 saturated carbocycles. The summed E-state index contributed by atoms with van der Waals surface area (Å²) >= 11 is 1.49. The van der Waals surface area contributed by atoms with Crippen molar-refractivity contribution < 1.29 is 14.7 Å². The van der Waals surface area contributed by atoms with Crippen LogP contribution in [-0.4, -0.2) is 17.0 Å². The van der Waals surface area contributed by atoms with Crippen LogP contribution in [0, 0.1) is 5.41 Å². The van der Waals surface area contributed by atoms with Gasteiger partial charge >= 0.3 is 5.97 Å². The number of hydrogen-bond acceptors (Lipinski definition) is 3. The summed E-state index contributed by atoms with van der Waals surface area (Å²) < 4.78 is 0. The van der Waals surface area contributed by atoms with Crippen LogP contribution in [0.15, 0.2) is 18.2 Å². The molecule has 0 atom stereocenters. The summed E-state index contributed by atoms with van der Waals surface area (Å²) in [4.78, 5) is 24.5. The molecular formula is C15H19NO3S. The molecule has 0 bridgehead atoms. The first-order chi connectivity index (χ1) is 9.49. The molecule has 0 aliphatic heterocycles. The number of thiophene rings is 1. The Morgan fingerprint density at radius 1 is 1.40 bits per heavy atom. The van der Waals surface area contributed by atoms with Crippen LogP contribution < -0.4 is 5.32 Å². The largest absolute Gasteiger partial charge is 0.478 e. The minimum absolute atomic E-state index is 0.131. The SMILES string of the molecule is CC1(C(=O)NCc2ccc(/C=C/C(=O)O)s2)CCCC1. The number of rotatable bonds is 5. The Balaban J connectivity index is 1.88. The van der Waals surface area contributed by atoms with E-state index in [9.17, 15) is 9.59 Å². The third-order valence-electron chi connectivity index (χ3n) is 3.75. The Morgan fingerprint density at radius 2 is 2.10 bits per heavy atom. The van der Waals surface area contributed by atoms with Crippen LogP contribution in [0.2, 0.25) is 0 Å². The predicted octanol–water partition coefficient (Wildman–Crippen LogP) is 3.04. The number of nitrogens with one attached hydrogen (secondary N) is 1. The lowest BCUT2D eigenvalue weighted by Gasteiger charge is -2.21. The molecule has 1 aliphatic rings. The van der Waals surface area contributed by atoms with Crippen molar-refractivity contribution >= 4 is 29.3 Å². The summed E-state index contributed by atoms with van der Waals surface area (Å²) in [5.41, 5.74) is -0.205. The zero-order valence-corrected chi connectivity index (χ0v) is 12.3. The molecule has 1 amide bonds. The zero-order chi connectivity index (χ0) is 14.6. The van der Waals surface area contributed by atoms with E-state index in [2.05, 4.69) is 5.32 Å². The zero-order valence-electron chi connectivity index (χ0n) is 11.5. The lowest BCUT2D eigenvalue weighted by molar-refractivity contribution is -0.131. The fraction of sp³-hybridized carbons (Fsp3) is 0.467. The van der Waals surface area contributed by atoms with Crippen LogP contribution in [0.4, 0.5) is 0 Å². The van der Waals surface area contributed by atoms with E-state index in [0.29, 0.717) is 6.54 Å². The van der Waals surface area contributed by atoms with E-state index in [1.54, 1.807) is 6.08 Å². The second-order valence-corrected chi connectivity index (χ2v) is 6.63. The summed E-state index contributed by atoms with van der Waals surface area (Å²) in [6, 6.07) is 3.78. The Bertz CT molecular complexity index is 527. The molecule has 5 heteroatoms. The Hall–Kier alpha value is -1.62. The maximum Gasteiger partial charge on any atom is 0.328 e. The van der Waals surface area contributed by atoms with Crippen LogP contribution in [0.5, 0.6) is 0 Å². The van der Waals surface area contributed by atoms with Crippen molar-refractivity contribution in [1.29, 1.82) is 0 Å². The van der Waals surface area contributed by atoms with Gasteiger partial charge in [-0.1, -0.05) is 19.8 Å². The average Bonchev–Trinajstić information content (AvgIpc) is 3.03. The van der Waals surface area contributed by atoms with Crippen molar-refractivity contribution in [1.82, 2.24) is 5.32 Å². The van der Waals surface area contributed by atoms with Crippen LogP contribution in [0.3, 0.4) is 0 Å². The van der Waals surface area contributed by atoms with Crippen molar-refractivity contribution in [2.24, 2.45) is 5.41 Å². The van der Waals surface area contributed by atoms with Crippen molar-refractivity contribution in [3.63, 3.8) is 0 Å². The molecule has 0 radical (unpaired) electrons. The topological polar surface area (TPSA) is 66.4 Å². The number of carbonyl (C=O) groups excluding carboxylic acids is 1. The second-order valence-electron chi connectivity index (χ2n) is 5.43. The number of hydrogen-bond donors (Lipinski definition) is 2. The molecule has 1 aromatic rings. The van der Waals surface area contributed by atoms with E-state index in [1.165, 1.54) is 11.3 Å². The van der Waals surface area contributed by atoms with Gasteiger partial charge in [0.05, 0.1) is 6.54 Å². The number of amides is 1. The quantitative estimate of drug-likeness (QED) is 0.820. The monoisotopic (exact) mass is 293 g/mol. The summed E-state index contributed by atoms with van der Waals surface area (Å²) in [6.45, 7) is 2.55. The fourth-order valence-electron chi connectivity index (χ4n) is 2.50. The molecule has 0 unspecified atom stereocenters. The van der Waals surface area contributed by atoms with Gasteiger partial charge in [0.1, 0.15) is 0 Å². The number of carboxylic acids is 1. The van der Waals surface area contributed by atoms with Crippen molar-refractivity contribution in [3.05, 3.63) is 28.0 Å². The molecule has 0 spiro atoms. The van der Waals surface area contributed by atoms with Crippen LogP contribution in [0.1, 0.15) is 42.4 Å². The van der Waals surface area contributed by atoms with Gasteiger partial charge in [-0.15, -0.1) is 11.3 Å². The van der Waals surface area contributed by atoms with Gasteiger partial charge in [-0.25, -0.2) is 4.79 Å².